The molecule has 13 heavy (non-hydrogen) atoms. The molecule has 1 unspecified atom stereocenters. The van der Waals surface area contributed by atoms with Gasteiger partial charge >= 0.3 is 0 Å². The maximum Gasteiger partial charge on any atom is 0.253 e. The number of nitrogens with zero attached hydrogens (tertiary/aromatic N) is 3. The summed E-state index contributed by atoms with van der Waals surface area (Å²) in [5, 5.41) is 10.8. The first-order valence-electron chi connectivity index (χ1n) is 3.69. The van der Waals surface area contributed by atoms with E-state index in [1.165, 1.54) is 0 Å². The van der Waals surface area contributed by atoms with Crippen molar-refractivity contribution in [1.82, 2.24) is 0 Å². The van der Waals surface area contributed by atoms with Crippen molar-refractivity contribution < 1.29 is 13.9 Å². The van der Waals surface area contributed by atoms with Gasteiger partial charge in [-0.15, -0.1) is 0 Å². The summed E-state index contributed by atoms with van der Waals surface area (Å²) >= 11 is 3.85. The van der Waals surface area contributed by atoms with Crippen LogP contribution >= 0.6 is 12.6 Å². The maximum absolute atomic E-state index is 12.7. The summed E-state index contributed by atoms with van der Waals surface area (Å²) in [4.78, 5) is 2.24. The van der Waals surface area contributed by atoms with Gasteiger partial charge in [-0.3, -0.25) is 0 Å². The van der Waals surface area contributed by atoms with Crippen LogP contribution in [-0.2, 0) is 0 Å². The number of hydrogen-bond acceptors (Lipinski definition) is 3. The number of halogens is 2. The molecule has 0 aromatic carbocycles. The molecule has 4 nitrogen and oxygen atoms in total. The monoisotopic (exact) mass is 211 g/mol. The highest BCUT2D eigenvalue weighted by Crippen LogP contribution is 2.22. The van der Waals surface area contributed by atoms with Crippen molar-refractivity contribution in [2.45, 2.75) is 24.0 Å². The molecule has 1 N–H and O–H groups in total. The second-order valence-electron chi connectivity index (χ2n) is 2.62. The Morgan fingerprint density at radius 3 is 2.69 bits per heavy atom. The van der Waals surface area contributed by atoms with E-state index in [0.717, 1.165) is 0 Å². The molecule has 0 radical (unpaired) electrons. The predicted octanol–water partition coefficient (Wildman–Crippen LogP) is 2.00. The molecule has 76 valence electrons. The fourth-order valence-corrected chi connectivity index (χ4v) is 0.812. The number of aliphatic hydroxyl groups excluding tert-OH is 1. The largest absolute Gasteiger partial charge is 0.395 e. The summed E-state index contributed by atoms with van der Waals surface area (Å²) in [5.41, 5.74) is 7.82. The fraction of sp³-hybridized carbons (Fsp3) is 1.00. The summed E-state index contributed by atoms with van der Waals surface area (Å²) in [5.74, 6) is -3.00. The van der Waals surface area contributed by atoms with Gasteiger partial charge in [0.05, 0.1) is 13.2 Å². The van der Waals surface area contributed by atoms with Crippen LogP contribution in [-0.4, -0.2) is 29.4 Å². The van der Waals surface area contributed by atoms with Gasteiger partial charge in [0.15, 0.2) is 0 Å². The Labute approximate surface area is 80.0 Å². The van der Waals surface area contributed by atoms with Crippen LogP contribution in [0.4, 0.5) is 8.78 Å². The SMILES string of the molecule is [N-]=[N+]=NCC(F)(F)CCC(S)CO. The molecule has 7 heteroatoms. The molecule has 0 bridgehead atoms. The van der Waals surface area contributed by atoms with Gasteiger partial charge in [0.2, 0.25) is 0 Å². The molecule has 1 atom stereocenters. The second kappa shape index (κ2) is 6.01. The predicted molar refractivity (Wildman–Crippen MR) is 48.1 cm³/mol. The third kappa shape index (κ3) is 6.62. The minimum Gasteiger partial charge on any atom is -0.395 e. The van der Waals surface area contributed by atoms with Crippen molar-refractivity contribution in [2.75, 3.05) is 13.2 Å². The van der Waals surface area contributed by atoms with Crippen molar-refractivity contribution in [3.63, 3.8) is 0 Å². The lowest BCUT2D eigenvalue weighted by atomic mass is 10.1. The molecule has 0 fully saturated rings. The van der Waals surface area contributed by atoms with Crippen LogP contribution in [0.25, 0.3) is 10.4 Å². The zero-order valence-electron chi connectivity index (χ0n) is 6.90. The molecular weight excluding hydrogens is 200 g/mol. The first-order chi connectivity index (χ1) is 6.02. The zero-order chi connectivity index (χ0) is 10.3. The zero-order valence-corrected chi connectivity index (χ0v) is 7.79. The average Bonchev–Trinajstić information content (AvgIpc) is 2.11. The third-order valence-corrected chi connectivity index (χ3v) is 1.84. The van der Waals surface area contributed by atoms with Gasteiger partial charge < -0.3 is 5.11 Å². The van der Waals surface area contributed by atoms with Crippen molar-refractivity contribution in [2.24, 2.45) is 5.11 Å². The second-order valence-corrected chi connectivity index (χ2v) is 3.35. The summed E-state index contributed by atoms with van der Waals surface area (Å²) < 4.78 is 25.5. The van der Waals surface area contributed by atoms with Crippen LogP contribution in [0.3, 0.4) is 0 Å². The molecule has 0 amide bonds. The van der Waals surface area contributed by atoms with Crippen LogP contribution in [0.5, 0.6) is 0 Å². The third-order valence-electron chi connectivity index (χ3n) is 1.42. The van der Waals surface area contributed by atoms with E-state index in [2.05, 4.69) is 22.7 Å². The Kier molecular flexibility index (Phi) is 5.77. The lowest BCUT2D eigenvalue weighted by molar-refractivity contribution is -0.000425. The minimum absolute atomic E-state index is 0.0908. The van der Waals surface area contributed by atoms with Gasteiger partial charge in [-0.05, 0) is 12.0 Å². The van der Waals surface area contributed by atoms with E-state index in [4.69, 9.17) is 10.6 Å². The summed E-state index contributed by atoms with van der Waals surface area (Å²) in [6.45, 7) is -1.07. The minimum atomic E-state index is -3.00. The first kappa shape index (κ1) is 12.5. The van der Waals surface area contributed by atoms with E-state index in [-0.39, 0.29) is 13.0 Å². The van der Waals surface area contributed by atoms with Crippen LogP contribution < -0.4 is 0 Å². The Morgan fingerprint density at radius 1 is 1.62 bits per heavy atom. The van der Waals surface area contributed by atoms with Gasteiger partial charge in [0.25, 0.3) is 5.92 Å². The smallest absolute Gasteiger partial charge is 0.253 e. The van der Waals surface area contributed by atoms with Gasteiger partial charge in [-0.1, -0.05) is 5.11 Å². The molecule has 0 saturated carbocycles. The molecule has 0 aromatic heterocycles. The number of thiol groups is 1. The molecule has 0 aliphatic heterocycles. The molecule has 0 spiro atoms. The quantitative estimate of drug-likeness (QED) is 0.300. The highest BCUT2D eigenvalue weighted by molar-refractivity contribution is 7.81. The van der Waals surface area contributed by atoms with Gasteiger partial charge in [0, 0.05) is 16.6 Å². The van der Waals surface area contributed by atoms with Crippen LogP contribution in [0.2, 0.25) is 0 Å². The normalized spacial score (nSPS) is 13.5. The molecule has 0 rings (SSSR count). The number of aliphatic hydroxyl groups is 1. The van der Waals surface area contributed by atoms with Crippen LogP contribution in [0.15, 0.2) is 5.11 Å². The summed E-state index contributed by atoms with van der Waals surface area (Å²) in [6, 6.07) is 0. The lowest BCUT2D eigenvalue weighted by Crippen LogP contribution is -2.22. The van der Waals surface area contributed by atoms with Crippen molar-refractivity contribution in [1.29, 1.82) is 0 Å². The van der Waals surface area contributed by atoms with Crippen molar-refractivity contribution in [3.8, 4) is 0 Å². The molecule has 0 saturated heterocycles. The number of azide groups is 1. The van der Waals surface area contributed by atoms with Crippen molar-refractivity contribution in [3.05, 3.63) is 10.4 Å². The first-order valence-corrected chi connectivity index (χ1v) is 4.21. The van der Waals surface area contributed by atoms with E-state index in [1.54, 1.807) is 0 Å². The average molecular weight is 211 g/mol. The molecule has 0 aliphatic rings. The Balaban J connectivity index is 3.80. The number of hydrogen-bond donors (Lipinski definition) is 2. The van der Waals surface area contributed by atoms with E-state index in [9.17, 15) is 8.78 Å². The Bertz CT molecular complexity index is 196. The highest BCUT2D eigenvalue weighted by Gasteiger charge is 2.28. The van der Waals surface area contributed by atoms with Crippen LogP contribution in [0, 0.1) is 0 Å². The van der Waals surface area contributed by atoms with Crippen molar-refractivity contribution >= 4 is 12.6 Å². The fourth-order valence-electron chi connectivity index (χ4n) is 0.683. The summed E-state index contributed by atoms with van der Waals surface area (Å²) in [7, 11) is 0. The van der Waals surface area contributed by atoms with Gasteiger partial charge in [0.1, 0.15) is 0 Å². The number of rotatable bonds is 6. The topological polar surface area (TPSA) is 69.0 Å². The van der Waals surface area contributed by atoms with E-state index in [1.807, 2.05) is 0 Å². The Hall–Kier alpha value is -0.520. The molecular formula is C6H11F2N3OS. The molecule has 0 heterocycles. The Morgan fingerprint density at radius 2 is 2.23 bits per heavy atom. The van der Waals surface area contributed by atoms with Gasteiger partial charge in [-0.2, -0.15) is 12.6 Å². The molecule has 0 aliphatic carbocycles. The lowest BCUT2D eigenvalue weighted by Gasteiger charge is -2.14. The highest BCUT2D eigenvalue weighted by atomic mass is 32.1. The summed E-state index contributed by atoms with van der Waals surface area (Å²) in [6.07, 6.45) is -0.339. The van der Waals surface area contributed by atoms with E-state index >= 15 is 0 Å². The van der Waals surface area contributed by atoms with Gasteiger partial charge in [-0.25, -0.2) is 8.78 Å². The number of alkyl halides is 2. The molecule has 0 aromatic rings. The van der Waals surface area contributed by atoms with E-state index < -0.39 is 24.1 Å². The maximum atomic E-state index is 12.7. The van der Waals surface area contributed by atoms with Crippen LogP contribution in [0.1, 0.15) is 12.8 Å². The van der Waals surface area contributed by atoms with E-state index in [0.29, 0.717) is 0 Å². The standard InChI is InChI=1S/C6H11F2N3OS/c7-6(8,4-10-11-9)2-1-5(13)3-12/h5,12-13H,1-4H2.